The van der Waals surface area contributed by atoms with Crippen LogP contribution in [-0.4, -0.2) is 15.4 Å². The molecule has 0 fully saturated rings. The first-order chi connectivity index (χ1) is 10.8. The molecule has 0 unspecified atom stereocenters. The summed E-state index contributed by atoms with van der Waals surface area (Å²) in [6.07, 6.45) is 3.27. The number of aromatic nitrogens is 2. The molecule has 0 atom stereocenters. The summed E-state index contributed by atoms with van der Waals surface area (Å²) in [7, 11) is 1.62. The van der Waals surface area contributed by atoms with Crippen molar-refractivity contribution in [3.63, 3.8) is 0 Å². The molecule has 0 amide bonds. The Morgan fingerprint density at radius 2 is 2.00 bits per heavy atom. The Balaban J connectivity index is 2.53. The number of ether oxygens (including phenoxy) is 1. The zero-order valence-electron chi connectivity index (χ0n) is 13.6. The first kappa shape index (κ1) is 16.5. The fourth-order valence-corrected chi connectivity index (χ4v) is 2.40. The SMILES string of the molecule is C/C=C/C(=N)Oc1ccc(-c2c(C)c(=O)[nH]c(=O)n2C)c(C)c1. The van der Waals surface area contributed by atoms with Gasteiger partial charge in [-0.05, 0) is 50.6 Å². The number of hydrogen-bond acceptors (Lipinski definition) is 4. The van der Waals surface area contributed by atoms with E-state index in [1.807, 2.05) is 13.8 Å². The maximum Gasteiger partial charge on any atom is 0.328 e. The van der Waals surface area contributed by atoms with Crippen LogP contribution in [0.3, 0.4) is 0 Å². The Kier molecular flexibility index (Phi) is 4.64. The summed E-state index contributed by atoms with van der Waals surface area (Å²) in [5.41, 5.74) is 1.83. The molecule has 0 saturated heterocycles. The number of rotatable bonds is 3. The van der Waals surface area contributed by atoms with Gasteiger partial charge in [0.25, 0.3) is 5.56 Å². The van der Waals surface area contributed by atoms with Crippen molar-refractivity contribution in [1.82, 2.24) is 9.55 Å². The molecule has 0 aliphatic rings. The molecule has 0 aliphatic heterocycles. The van der Waals surface area contributed by atoms with E-state index in [9.17, 15) is 9.59 Å². The van der Waals surface area contributed by atoms with E-state index in [0.717, 1.165) is 11.1 Å². The minimum atomic E-state index is -0.454. The van der Waals surface area contributed by atoms with E-state index in [4.69, 9.17) is 10.1 Å². The van der Waals surface area contributed by atoms with Crippen LogP contribution in [0.4, 0.5) is 0 Å². The van der Waals surface area contributed by atoms with Gasteiger partial charge in [0.2, 0.25) is 5.90 Å². The summed E-state index contributed by atoms with van der Waals surface area (Å²) >= 11 is 0. The monoisotopic (exact) mass is 313 g/mol. The Morgan fingerprint density at radius 1 is 1.30 bits per heavy atom. The minimum absolute atomic E-state index is 0.0411. The van der Waals surface area contributed by atoms with E-state index in [1.165, 1.54) is 4.57 Å². The number of nitrogens with one attached hydrogen (secondary N) is 2. The Morgan fingerprint density at radius 3 is 2.61 bits per heavy atom. The summed E-state index contributed by atoms with van der Waals surface area (Å²) < 4.78 is 6.81. The van der Waals surface area contributed by atoms with Crippen LogP contribution in [0.1, 0.15) is 18.1 Å². The zero-order valence-corrected chi connectivity index (χ0v) is 13.6. The van der Waals surface area contributed by atoms with E-state index < -0.39 is 11.2 Å². The van der Waals surface area contributed by atoms with E-state index in [2.05, 4.69) is 4.98 Å². The first-order valence-corrected chi connectivity index (χ1v) is 7.15. The highest BCUT2D eigenvalue weighted by Gasteiger charge is 2.13. The summed E-state index contributed by atoms with van der Waals surface area (Å²) in [6, 6.07) is 5.28. The molecule has 6 heteroatoms. The smallest absolute Gasteiger partial charge is 0.328 e. The zero-order chi connectivity index (χ0) is 17.1. The molecule has 2 aromatic rings. The highest BCUT2D eigenvalue weighted by atomic mass is 16.5. The molecule has 2 rings (SSSR count). The van der Waals surface area contributed by atoms with Gasteiger partial charge in [0.15, 0.2) is 0 Å². The van der Waals surface area contributed by atoms with Crippen LogP contribution in [0, 0.1) is 19.3 Å². The highest BCUT2D eigenvalue weighted by Crippen LogP contribution is 2.27. The molecular formula is C17H19N3O3. The minimum Gasteiger partial charge on any atom is -0.440 e. The van der Waals surface area contributed by atoms with Crippen molar-refractivity contribution in [2.45, 2.75) is 20.8 Å². The maximum absolute atomic E-state index is 11.9. The number of aromatic amines is 1. The van der Waals surface area contributed by atoms with Crippen LogP contribution in [0.2, 0.25) is 0 Å². The van der Waals surface area contributed by atoms with Gasteiger partial charge in [0.05, 0.1) is 5.69 Å². The molecule has 23 heavy (non-hydrogen) atoms. The predicted octanol–water partition coefficient (Wildman–Crippen LogP) is 2.29. The third-order valence-electron chi connectivity index (χ3n) is 3.56. The topological polar surface area (TPSA) is 87.9 Å². The van der Waals surface area contributed by atoms with Gasteiger partial charge in [-0.1, -0.05) is 6.08 Å². The number of benzene rings is 1. The molecular weight excluding hydrogens is 294 g/mol. The quantitative estimate of drug-likeness (QED) is 0.673. The van der Waals surface area contributed by atoms with Crippen molar-refractivity contribution in [3.05, 3.63) is 62.3 Å². The molecule has 120 valence electrons. The molecule has 1 heterocycles. The van der Waals surface area contributed by atoms with Crippen molar-refractivity contribution in [2.75, 3.05) is 0 Å². The van der Waals surface area contributed by atoms with Crippen molar-refractivity contribution >= 4 is 5.90 Å². The lowest BCUT2D eigenvalue weighted by molar-refractivity contribution is 0.550. The molecule has 0 bridgehead atoms. The van der Waals surface area contributed by atoms with Gasteiger partial charge in [-0.15, -0.1) is 0 Å². The average Bonchev–Trinajstić information content (AvgIpc) is 2.48. The number of allylic oxidation sites excluding steroid dienone is 1. The van der Waals surface area contributed by atoms with Gasteiger partial charge in [-0.25, -0.2) is 4.79 Å². The van der Waals surface area contributed by atoms with Gasteiger partial charge in [0.1, 0.15) is 5.75 Å². The largest absolute Gasteiger partial charge is 0.440 e. The second-order valence-electron chi connectivity index (χ2n) is 5.23. The third kappa shape index (κ3) is 3.31. The Labute approximate surface area is 133 Å². The van der Waals surface area contributed by atoms with Crippen LogP contribution in [-0.2, 0) is 7.05 Å². The highest BCUT2D eigenvalue weighted by molar-refractivity contribution is 5.86. The summed E-state index contributed by atoms with van der Waals surface area (Å²) in [5, 5.41) is 7.64. The average molecular weight is 313 g/mol. The second-order valence-corrected chi connectivity index (χ2v) is 5.23. The number of aryl methyl sites for hydroxylation is 1. The second kappa shape index (κ2) is 6.48. The number of nitrogens with zero attached hydrogens (tertiary/aromatic N) is 1. The molecule has 1 aromatic heterocycles. The molecule has 0 spiro atoms. The van der Waals surface area contributed by atoms with Crippen LogP contribution in [0.15, 0.2) is 39.9 Å². The number of H-pyrrole nitrogens is 1. The summed E-state index contributed by atoms with van der Waals surface area (Å²) in [4.78, 5) is 26.0. The first-order valence-electron chi connectivity index (χ1n) is 7.15. The van der Waals surface area contributed by atoms with Crippen LogP contribution < -0.4 is 16.0 Å². The molecule has 1 aromatic carbocycles. The van der Waals surface area contributed by atoms with E-state index >= 15 is 0 Å². The van der Waals surface area contributed by atoms with Crippen LogP contribution in [0.5, 0.6) is 5.75 Å². The Hall–Kier alpha value is -2.89. The maximum atomic E-state index is 11.9. The van der Waals surface area contributed by atoms with Gasteiger partial charge >= 0.3 is 5.69 Å². The van der Waals surface area contributed by atoms with E-state index in [1.54, 1.807) is 44.3 Å². The fourth-order valence-electron chi connectivity index (χ4n) is 2.40. The molecule has 0 radical (unpaired) electrons. The lowest BCUT2D eigenvalue weighted by Crippen LogP contribution is -2.31. The lowest BCUT2D eigenvalue weighted by atomic mass is 10.0. The summed E-state index contributed by atoms with van der Waals surface area (Å²) in [6.45, 7) is 5.36. The van der Waals surface area contributed by atoms with Crippen molar-refractivity contribution in [1.29, 1.82) is 5.41 Å². The summed E-state index contributed by atoms with van der Waals surface area (Å²) in [5.74, 6) is 0.571. The van der Waals surface area contributed by atoms with Gasteiger partial charge in [-0.2, -0.15) is 0 Å². The van der Waals surface area contributed by atoms with Crippen molar-refractivity contribution < 1.29 is 4.74 Å². The number of hydrogen-bond donors (Lipinski definition) is 2. The normalized spacial score (nSPS) is 11.0. The molecule has 2 N–H and O–H groups in total. The van der Waals surface area contributed by atoms with Crippen molar-refractivity contribution in [3.8, 4) is 17.0 Å². The molecule has 0 aliphatic carbocycles. The molecule has 0 saturated carbocycles. The van der Waals surface area contributed by atoms with Crippen LogP contribution >= 0.6 is 0 Å². The predicted molar refractivity (Wildman–Crippen MR) is 90.4 cm³/mol. The van der Waals surface area contributed by atoms with E-state index in [0.29, 0.717) is 17.0 Å². The fraction of sp³-hybridized carbons (Fsp3) is 0.235. The van der Waals surface area contributed by atoms with Gasteiger partial charge in [0, 0.05) is 18.2 Å². The third-order valence-corrected chi connectivity index (χ3v) is 3.56. The standard InChI is InChI=1S/C17H19N3O3/c1-5-6-14(18)23-12-7-8-13(10(2)9-12)15-11(3)16(21)19-17(22)20(15)4/h5-9,18H,1-4H3,(H,19,21,22)/b6-5+,18-14?. The molecule has 6 nitrogen and oxygen atoms in total. The van der Waals surface area contributed by atoms with Crippen LogP contribution in [0.25, 0.3) is 11.3 Å². The van der Waals surface area contributed by atoms with Gasteiger partial charge in [-0.3, -0.25) is 19.8 Å². The van der Waals surface area contributed by atoms with Crippen molar-refractivity contribution in [2.24, 2.45) is 7.05 Å². The Bertz CT molecular complexity index is 870. The van der Waals surface area contributed by atoms with E-state index in [-0.39, 0.29) is 5.90 Å². The lowest BCUT2D eigenvalue weighted by Gasteiger charge is -2.14. The van der Waals surface area contributed by atoms with Gasteiger partial charge < -0.3 is 4.74 Å².